The summed E-state index contributed by atoms with van der Waals surface area (Å²) < 4.78 is 39.5. The van der Waals surface area contributed by atoms with E-state index in [0.29, 0.717) is 11.3 Å². The van der Waals surface area contributed by atoms with Gasteiger partial charge < -0.3 is 5.32 Å². The zero-order chi connectivity index (χ0) is 21.2. The maximum absolute atomic E-state index is 12.9. The summed E-state index contributed by atoms with van der Waals surface area (Å²) in [5.74, 6) is -0.318. The Balaban J connectivity index is 1.81. The van der Waals surface area contributed by atoms with E-state index in [4.69, 9.17) is 4.84 Å². The molecule has 8 nitrogen and oxygen atoms in total. The predicted molar refractivity (Wildman–Crippen MR) is 98.0 cm³/mol. The minimum Gasteiger partial charge on any atom is -0.324 e. The fraction of sp³-hybridized carbons (Fsp3) is 0.167. The molecule has 0 aliphatic carbocycles. The van der Waals surface area contributed by atoms with E-state index in [9.17, 15) is 22.8 Å². The number of carbonyl (C=O) groups is 1. The van der Waals surface area contributed by atoms with Crippen molar-refractivity contribution < 1.29 is 22.8 Å². The Kier molecular flexibility index (Phi) is 5.41. The third-order valence-corrected chi connectivity index (χ3v) is 3.99. The second-order valence-corrected chi connectivity index (χ2v) is 5.93. The number of H-pyrrole nitrogens is 1. The van der Waals surface area contributed by atoms with E-state index in [1.54, 1.807) is 24.3 Å². The lowest BCUT2D eigenvalue weighted by Gasteiger charge is -2.13. The van der Waals surface area contributed by atoms with Gasteiger partial charge in [0, 0.05) is 18.3 Å². The number of halogens is 3. The molecule has 3 aromatic rings. The van der Waals surface area contributed by atoms with Gasteiger partial charge in [0.25, 0.3) is 5.91 Å². The molecule has 0 radical (unpaired) electrons. The molecule has 0 fully saturated rings. The van der Waals surface area contributed by atoms with Gasteiger partial charge in [0.15, 0.2) is 0 Å². The van der Waals surface area contributed by atoms with Gasteiger partial charge in [0.05, 0.1) is 18.4 Å². The third-order valence-electron chi connectivity index (χ3n) is 3.99. The van der Waals surface area contributed by atoms with Gasteiger partial charge in [-0.2, -0.15) is 17.9 Å². The lowest BCUT2D eigenvalue weighted by atomic mass is 10.2. The largest absolute Gasteiger partial charge is 0.416 e. The summed E-state index contributed by atoms with van der Waals surface area (Å²) in [7, 11) is 2.84. The lowest BCUT2D eigenvalue weighted by molar-refractivity contribution is -0.137. The van der Waals surface area contributed by atoms with Gasteiger partial charge in [-0.3, -0.25) is 14.6 Å². The molecule has 0 aliphatic heterocycles. The van der Waals surface area contributed by atoms with Crippen molar-refractivity contribution in [2.75, 3.05) is 19.5 Å². The Morgan fingerprint density at radius 3 is 2.52 bits per heavy atom. The second-order valence-electron chi connectivity index (χ2n) is 5.93. The number of carbonyl (C=O) groups excluding carboxylic acids is 1. The number of rotatable bonds is 5. The molecule has 1 aromatic heterocycles. The van der Waals surface area contributed by atoms with Crippen LogP contribution in [0.3, 0.4) is 0 Å². The average Bonchev–Trinajstić information content (AvgIpc) is 3.07. The van der Waals surface area contributed by atoms with Gasteiger partial charge in [-0.25, -0.2) is 9.86 Å². The number of aromatic amines is 1. The van der Waals surface area contributed by atoms with Crippen molar-refractivity contribution in [3.05, 3.63) is 70.1 Å². The van der Waals surface area contributed by atoms with Crippen LogP contribution in [0.1, 0.15) is 15.9 Å². The Bertz CT molecular complexity index is 1070. The number of hydrogen-bond acceptors (Lipinski definition) is 5. The van der Waals surface area contributed by atoms with Crippen LogP contribution in [0.4, 0.5) is 24.8 Å². The molecule has 1 heterocycles. The molecule has 0 atom stereocenters. The van der Waals surface area contributed by atoms with Gasteiger partial charge in [0.1, 0.15) is 0 Å². The highest BCUT2D eigenvalue weighted by Crippen LogP contribution is 2.30. The summed E-state index contributed by atoms with van der Waals surface area (Å²) in [5.41, 5.74) is -0.742. The first-order valence-electron chi connectivity index (χ1n) is 8.25. The van der Waals surface area contributed by atoms with Crippen LogP contribution < -0.4 is 11.0 Å². The first kappa shape index (κ1) is 20.1. The fourth-order valence-electron chi connectivity index (χ4n) is 2.47. The van der Waals surface area contributed by atoms with Gasteiger partial charge >= 0.3 is 11.9 Å². The number of nitrogens with one attached hydrogen (secondary N) is 2. The molecule has 0 saturated carbocycles. The highest BCUT2D eigenvalue weighted by Gasteiger charge is 2.30. The van der Waals surface area contributed by atoms with E-state index in [2.05, 4.69) is 15.4 Å². The quantitative estimate of drug-likeness (QED) is 0.635. The summed E-state index contributed by atoms with van der Waals surface area (Å²) in [6.45, 7) is 0. The number of alkyl halides is 3. The molecule has 0 bridgehead atoms. The molecule has 1 amide bonds. The van der Waals surface area contributed by atoms with Crippen LogP contribution in [0, 0.1) is 0 Å². The number of benzene rings is 2. The van der Waals surface area contributed by atoms with Crippen LogP contribution in [0.15, 0.2) is 53.3 Å². The first-order valence-corrected chi connectivity index (χ1v) is 8.25. The van der Waals surface area contributed by atoms with Gasteiger partial charge in [0.2, 0.25) is 5.95 Å². The van der Waals surface area contributed by atoms with Crippen molar-refractivity contribution in [1.82, 2.24) is 19.8 Å². The van der Waals surface area contributed by atoms with Crippen LogP contribution in [-0.4, -0.2) is 39.9 Å². The molecule has 29 heavy (non-hydrogen) atoms. The number of aromatic nitrogens is 3. The molecule has 152 valence electrons. The average molecular weight is 407 g/mol. The van der Waals surface area contributed by atoms with Crippen molar-refractivity contribution in [2.45, 2.75) is 6.18 Å². The van der Waals surface area contributed by atoms with E-state index in [0.717, 1.165) is 21.9 Å². The lowest BCUT2D eigenvalue weighted by Crippen LogP contribution is -2.25. The smallest absolute Gasteiger partial charge is 0.324 e. The molecule has 0 aliphatic rings. The molecule has 2 N–H and O–H groups in total. The Hall–Kier alpha value is -3.60. The maximum Gasteiger partial charge on any atom is 0.416 e. The van der Waals surface area contributed by atoms with E-state index in [1.807, 2.05) is 0 Å². The zero-order valence-corrected chi connectivity index (χ0v) is 15.3. The normalized spacial score (nSPS) is 11.3. The minimum atomic E-state index is -4.53. The molecule has 2 aromatic carbocycles. The van der Waals surface area contributed by atoms with Crippen molar-refractivity contribution in [2.24, 2.45) is 0 Å². The van der Waals surface area contributed by atoms with E-state index >= 15 is 0 Å². The number of hydrogen-bond donors (Lipinski definition) is 2. The van der Waals surface area contributed by atoms with E-state index in [-0.39, 0.29) is 17.5 Å². The van der Waals surface area contributed by atoms with Crippen LogP contribution in [0.5, 0.6) is 0 Å². The van der Waals surface area contributed by atoms with E-state index in [1.165, 1.54) is 26.3 Å². The highest BCUT2D eigenvalue weighted by atomic mass is 19.4. The van der Waals surface area contributed by atoms with Crippen LogP contribution in [0.2, 0.25) is 0 Å². The van der Waals surface area contributed by atoms with Crippen molar-refractivity contribution in [3.8, 4) is 5.69 Å². The summed E-state index contributed by atoms with van der Waals surface area (Å²) >= 11 is 0. The maximum atomic E-state index is 12.9. The molecule has 0 unspecified atom stereocenters. The van der Waals surface area contributed by atoms with Crippen LogP contribution in [0.25, 0.3) is 5.69 Å². The summed E-state index contributed by atoms with van der Waals surface area (Å²) in [6, 6.07) is 10.5. The van der Waals surface area contributed by atoms with Crippen molar-refractivity contribution >= 4 is 17.5 Å². The third kappa shape index (κ3) is 4.46. The monoisotopic (exact) mass is 407 g/mol. The van der Waals surface area contributed by atoms with Crippen molar-refractivity contribution in [1.29, 1.82) is 0 Å². The van der Waals surface area contributed by atoms with Gasteiger partial charge in [-0.05, 0) is 42.5 Å². The van der Waals surface area contributed by atoms with Crippen molar-refractivity contribution in [3.63, 3.8) is 0 Å². The molecule has 11 heteroatoms. The van der Waals surface area contributed by atoms with E-state index < -0.39 is 17.4 Å². The Morgan fingerprint density at radius 1 is 1.21 bits per heavy atom. The molecule has 3 rings (SSSR count). The summed E-state index contributed by atoms with van der Waals surface area (Å²) in [5, 5.41) is 7.86. The number of amides is 1. The Labute approximate surface area is 162 Å². The molecule has 0 saturated heterocycles. The topological polar surface area (TPSA) is 92.2 Å². The molecule has 0 spiro atoms. The Morgan fingerprint density at radius 2 is 1.90 bits per heavy atom. The molecular formula is C18H16F3N5O3. The summed E-state index contributed by atoms with van der Waals surface area (Å²) in [4.78, 5) is 31.3. The minimum absolute atomic E-state index is 0.0282. The molecular weight excluding hydrogens is 391 g/mol. The number of nitrogens with zero attached hydrogens (tertiary/aromatic N) is 3. The van der Waals surface area contributed by atoms with Gasteiger partial charge in [-0.1, -0.05) is 6.07 Å². The van der Waals surface area contributed by atoms with Gasteiger partial charge in [-0.15, -0.1) is 5.10 Å². The highest BCUT2D eigenvalue weighted by molar-refractivity contribution is 5.93. The standard InChI is InChI=1S/C18H16F3N5O3/c1-25(29-2)15(27)11-6-8-13(9-7-11)22-16-23-17(28)26(24-16)14-5-3-4-12(10-14)18(19,20)21/h3-10H,1-2H3,(H2,22,23,24,28). The fourth-order valence-corrected chi connectivity index (χ4v) is 2.47. The zero-order valence-electron chi connectivity index (χ0n) is 15.3. The number of anilines is 2. The van der Waals surface area contributed by atoms with Crippen LogP contribution >= 0.6 is 0 Å². The van der Waals surface area contributed by atoms with Crippen LogP contribution in [-0.2, 0) is 11.0 Å². The predicted octanol–water partition coefficient (Wildman–Crippen LogP) is 2.96. The summed E-state index contributed by atoms with van der Waals surface area (Å²) in [6.07, 6.45) is -4.53. The second kappa shape index (κ2) is 7.80. The number of hydroxylamine groups is 2. The SMILES string of the molecule is CON(C)C(=O)c1ccc(Nc2nn(-c3cccc(C(F)(F)F)c3)c(=O)[nH]2)cc1. The first-order chi connectivity index (χ1) is 13.7.